The van der Waals surface area contributed by atoms with Crippen LogP contribution in [0.15, 0.2) is 0 Å². The van der Waals surface area contributed by atoms with E-state index >= 15 is 0 Å². The minimum atomic E-state index is -0.157. The zero-order valence-electron chi connectivity index (χ0n) is 6.24. The number of aryl methyl sites for hydroxylation is 1. The molecule has 0 saturated heterocycles. The molecule has 0 amide bonds. The van der Waals surface area contributed by atoms with Crippen LogP contribution in [0.3, 0.4) is 0 Å². The Hall–Kier alpha value is -1.04. The number of hydrogen-bond donors (Lipinski definition) is 1. The standard InChI is InChI=1S/C5H8N4OS/c1-9-4(6)3(7-8-9)5(10)11-2/h6H2,1-2H3. The Bertz CT molecular complexity index is 282. The summed E-state index contributed by atoms with van der Waals surface area (Å²) >= 11 is 1.07. The molecule has 0 aliphatic rings. The third-order valence-corrected chi connectivity index (χ3v) is 1.81. The van der Waals surface area contributed by atoms with E-state index in [-0.39, 0.29) is 10.8 Å². The first-order chi connectivity index (χ1) is 5.16. The molecule has 0 aliphatic carbocycles. The number of rotatable bonds is 1. The summed E-state index contributed by atoms with van der Waals surface area (Å²) in [7, 11) is 1.64. The molecule has 60 valence electrons. The molecule has 0 aliphatic heterocycles. The van der Waals surface area contributed by atoms with Gasteiger partial charge in [-0.25, -0.2) is 4.68 Å². The van der Waals surface area contributed by atoms with Crippen molar-refractivity contribution in [3.63, 3.8) is 0 Å². The minimum Gasteiger partial charge on any atom is -0.382 e. The van der Waals surface area contributed by atoms with Gasteiger partial charge in [0, 0.05) is 7.05 Å². The maximum absolute atomic E-state index is 11.0. The van der Waals surface area contributed by atoms with Crippen LogP contribution < -0.4 is 5.73 Å². The molecule has 2 N–H and O–H groups in total. The van der Waals surface area contributed by atoms with E-state index < -0.39 is 0 Å². The number of hydrogen-bond acceptors (Lipinski definition) is 5. The highest BCUT2D eigenvalue weighted by molar-refractivity contribution is 8.13. The molecule has 1 heterocycles. The van der Waals surface area contributed by atoms with Gasteiger partial charge in [-0.15, -0.1) is 5.10 Å². The third-order valence-electron chi connectivity index (χ3n) is 1.25. The van der Waals surface area contributed by atoms with Crippen molar-refractivity contribution in [3.05, 3.63) is 5.69 Å². The van der Waals surface area contributed by atoms with Crippen molar-refractivity contribution in [1.82, 2.24) is 15.0 Å². The molecule has 0 bridgehead atoms. The smallest absolute Gasteiger partial charge is 0.243 e. The van der Waals surface area contributed by atoms with Gasteiger partial charge in [-0.05, 0) is 6.26 Å². The van der Waals surface area contributed by atoms with E-state index in [4.69, 9.17) is 5.73 Å². The molecule has 0 saturated carbocycles. The number of carbonyl (C=O) groups excluding carboxylic acids is 1. The van der Waals surface area contributed by atoms with Crippen molar-refractivity contribution in [3.8, 4) is 0 Å². The normalized spacial score (nSPS) is 10.0. The molecule has 1 aromatic heterocycles. The van der Waals surface area contributed by atoms with Crippen molar-refractivity contribution < 1.29 is 4.79 Å². The summed E-state index contributed by atoms with van der Waals surface area (Å²) in [6.07, 6.45) is 1.68. The lowest BCUT2D eigenvalue weighted by molar-refractivity contribution is 0.108. The van der Waals surface area contributed by atoms with Crippen LogP contribution in [0.5, 0.6) is 0 Å². The van der Waals surface area contributed by atoms with Gasteiger partial charge in [-0.1, -0.05) is 17.0 Å². The molecule has 0 unspecified atom stereocenters. The van der Waals surface area contributed by atoms with Crippen LogP contribution in [-0.4, -0.2) is 26.4 Å². The van der Waals surface area contributed by atoms with Gasteiger partial charge >= 0.3 is 0 Å². The Morgan fingerprint density at radius 1 is 1.73 bits per heavy atom. The van der Waals surface area contributed by atoms with Gasteiger partial charge in [0.15, 0.2) is 11.5 Å². The van der Waals surface area contributed by atoms with Crippen LogP contribution in [0, 0.1) is 0 Å². The Labute approximate surface area is 67.9 Å². The van der Waals surface area contributed by atoms with E-state index in [1.807, 2.05) is 0 Å². The number of anilines is 1. The monoisotopic (exact) mass is 172 g/mol. The zero-order valence-corrected chi connectivity index (χ0v) is 7.05. The summed E-state index contributed by atoms with van der Waals surface area (Å²) in [5.74, 6) is 0.310. The third kappa shape index (κ3) is 1.35. The average Bonchev–Trinajstić information content (AvgIpc) is 2.32. The molecule has 5 nitrogen and oxygen atoms in total. The van der Waals surface area contributed by atoms with Gasteiger partial charge in [0.05, 0.1) is 0 Å². The van der Waals surface area contributed by atoms with Crippen molar-refractivity contribution in [2.75, 3.05) is 12.0 Å². The molecule has 0 spiro atoms. The maximum atomic E-state index is 11.0. The molecular formula is C5H8N4OS. The van der Waals surface area contributed by atoms with Crippen LogP contribution in [-0.2, 0) is 7.05 Å². The lowest BCUT2D eigenvalue weighted by Crippen LogP contribution is -2.02. The van der Waals surface area contributed by atoms with E-state index in [0.717, 1.165) is 11.8 Å². The number of nitrogens with two attached hydrogens (primary N) is 1. The Kier molecular flexibility index (Phi) is 2.13. The van der Waals surface area contributed by atoms with Crippen LogP contribution in [0.4, 0.5) is 5.82 Å². The fraction of sp³-hybridized carbons (Fsp3) is 0.400. The van der Waals surface area contributed by atoms with Crippen LogP contribution in [0.2, 0.25) is 0 Å². The van der Waals surface area contributed by atoms with Gasteiger partial charge in [0.25, 0.3) is 0 Å². The highest BCUT2D eigenvalue weighted by atomic mass is 32.2. The molecule has 6 heteroatoms. The first-order valence-corrected chi connectivity index (χ1v) is 4.12. The van der Waals surface area contributed by atoms with Crippen molar-refractivity contribution in [2.24, 2.45) is 7.05 Å². The molecule has 0 radical (unpaired) electrons. The fourth-order valence-electron chi connectivity index (χ4n) is 0.607. The maximum Gasteiger partial charge on any atom is 0.243 e. The highest BCUT2D eigenvalue weighted by Gasteiger charge is 2.13. The summed E-state index contributed by atoms with van der Waals surface area (Å²) in [5, 5.41) is 7.04. The summed E-state index contributed by atoms with van der Waals surface area (Å²) in [5.41, 5.74) is 5.72. The van der Waals surface area contributed by atoms with E-state index in [2.05, 4.69) is 10.3 Å². The Balaban J connectivity index is 3.04. The fourth-order valence-corrected chi connectivity index (χ4v) is 0.945. The van der Waals surface area contributed by atoms with Crippen molar-refractivity contribution in [1.29, 1.82) is 0 Å². The van der Waals surface area contributed by atoms with E-state index in [9.17, 15) is 4.79 Å². The molecular weight excluding hydrogens is 164 g/mol. The summed E-state index contributed by atoms with van der Waals surface area (Å²) in [6.45, 7) is 0. The number of thioether (sulfide) groups is 1. The second-order valence-electron chi connectivity index (χ2n) is 1.94. The summed E-state index contributed by atoms with van der Waals surface area (Å²) in [4.78, 5) is 11.0. The molecule has 0 atom stereocenters. The summed E-state index contributed by atoms with van der Waals surface area (Å²) in [6, 6.07) is 0. The lowest BCUT2D eigenvalue weighted by Gasteiger charge is -1.92. The van der Waals surface area contributed by atoms with E-state index in [1.165, 1.54) is 4.68 Å². The summed E-state index contributed by atoms with van der Waals surface area (Å²) < 4.78 is 1.36. The van der Waals surface area contributed by atoms with Crippen LogP contribution in [0.25, 0.3) is 0 Å². The highest BCUT2D eigenvalue weighted by Crippen LogP contribution is 2.12. The second-order valence-corrected chi connectivity index (χ2v) is 2.72. The predicted molar refractivity (Wildman–Crippen MR) is 43.3 cm³/mol. The van der Waals surface area contributed by atoms with E-state index in [1.54, 1.807) is 13.3 Å². The molecule has 1 rings (SSSR count). The predicted octanol–water partition coefficient (Wildman–Crippen LogP) is -0.0995. The minimum absolute atomic E-state index is 0.157. The topological polar surface area (TPSA) is 73.8 Å². The molecule has 11 heavy (non-hydrogen) atoms. The Morgan fingerprint density at radius 3 is 2.73 bits per heavy atom. The number of nitrogen functional groups attached to an aromatic ring is 1. The van der Waals surface area contributed by atoms with Gasteiger partial charge in [0.2, 0.25) is 5.12 Å². The zero-order chi connectivity index (χ0) is 8.43. The lowest BCUT2D eigenvalue weighted by atomic mass is 10.5. The van der Waals surface area contributed by atoms with Gasteiger partial charge in [0.1, 0.15) is 0 Å². The van der Waals surface area contributed by atoms with Gasteiger partial charge in [-0.2, -0.15) is 0 Å². The van der Waals surface area contributed by atoms with E-state index in [0.29, 0.717) is 5.82 Å². The molecule has 0 aromatic carbocycles. The Morgan fingerprint density at radius 2 is 2.36 bits per heavy atom. The first-order valence-electron chi connectivity index (χ1n) is 2.90. The first kappa shape index (κ1) is 8.06. The van der Waals surface area contributed by atoms with Crippen LogP contribution >= 0.6 is 11.8 Å². The number of aromatic nitrogens is 3. The second kappa shape index (κ2) is 2.91. The van der Waals surface area contributed by atoms with Gasteiger partial charge < -0.3 is 5.73 Å². The van der Waals surface area contributed by atoms with Crippen molar-refractivity contribution in [2.45, 2.75) is 0 Å². The molecule has 0 fully saturated rings. The quantitative estimate of drug-likeness (QED) is 0.640. The molecule has 1 aromatic rings. The average molecular weight is 172 g/mol. The van der Waals surface area contributed by atoms with Crippen molar-refractivity contribution >= 4 is 22.7 Å². The number of carbonyl (C=O) groups is 1. The van der Waals surface area contributed by atoms with Gasteiger partial charge in [-0.3, -0.25) is 4.79 Å². The number of nitrogens with zero attached hydrogens (tertiary/aromatic N) is 3. The SMILES string of the molecule is CSC(=O)c1nnn(C)c1N. The van der Waals surface area contributed by atoms with Crippen LogP contribution in [0.1, 0.15) is 10.5 Å². The largest absolute Gasteiger partial charge is 0.382 e.